The van der Waals surface area contributed by atoms with Gasteiger partial charge < -0.3 is 15.4 Å². The largest absolute Gasteiger partial charge is 0.434 e. The molecule has 142 valence electrons. The standard InChI is InChI=1S/C15H24F3N5OS/c1-19-14(20-4-2-3-5-23-6-8-24-9-7-23)21-10-13-22-12(11-25-13)15(16,17)18/h11H,2-10H2,1H3,(H2,19,20,21). The second kappa shape index (κ2) is 9.93. The minimum atomic E-state index is -4.39. The van der Waals surface area contributed by atoms with Gasteiger partial charge in [0.2, 0.25) is 0 Å². The summed E-state index contributed by atoms with van der Waals surface area (Å²) in [5.41, 5.74) is -0.847. The lowest BCUT2D eigenvalue weighted by Gasteiger charge is -2.26. The average Bonchev–Trinajstić information content (AvgIpc) is 3.07. The van der Waals surface area contributed by atoms with Crippen LogP contribution in [0.25, 0.3) is 0 Å². The van der Waals surface area contributed by atoms with E-state index in [-0.39, 0.29) is 6.54 Å². The summed E-state index contributed by atoms with van der Waals surface area (Å²) < 4.78 is 42.9. The van der Waals surface area contributed by atoms with Crippen LogP contribution in [0.3, 0.4) is 0 Å². The van der Waals surface area contributed by atoms with Gasteiger partial charge in [-0.1, -0.05) is 0 Å². The van der Waals surface area contributed by atoms with Gasteiger partial charge in [-0.3, -0.25) is 9.89 Å². The van der Waals surface area contributed by atoms with E-state index in [0.717, 1.165) is 69.0 Å². The number of hydrogen-bond donors (Lipinski definition) is 2. The van der Waals surface area contributed by atoms with Crippen molar-refractivity contribution in [3.05, 3.63) is 16.1 Å². The van der Waals surface area contributed by atoms with Gasteiger partial charge in [0.25, 0.3) is 0 Å². The molecular formula is C15H24F3N5OS. The lowest BCUT2D eigenvalue weighted by Crippen LogP contribution is -2.38. The van der Waals surface area contributed by atoms with Crippen LogP contribution < -0.4 is 10.6 Å². The van der Waals surface area contributed by atoms with Crippen molar-refractivity contribution >= 4 is 17.3 Å². The Balaban J connectivity index is 1.61. The number of ether oxygens (including phenoxy) is 1. The first-order valence-corrected chi connectivity index (χ1v) is 9.13. The van der Waals surface area contributed by atoms with E-state index in [1.54, 1.807) is 7.05 Å². The second-order valence-electron chi connectivity index (χ2n) is 5.64. The third kappa shape index (κ3) is 7.17. The van der Waals surface area contributed by atoms with Crippen molar-refractivity contribution in [3.8, 4) is 0 Å². The molecule has 1 aromatic heterocycles. The third-order valence-corrected chi connectivity index (χ3v) is 4.62. The molecule has 0 saturated carbocycles. The number of nitrogens with zero attached hydrogens (tertiary/aromatic N) is 3. The monoisotopic (exact) mass is 379 g/mol. The molecule has 0 radical (unpaired) electrons. The summed E-state index contributed by atoms with van der Waals surface area (Å²) in [5, 5.41) is 7.55. The normalized spacial score (nSPS) is 16.9. The quantitative estimate of drug-likeness (QED) is 0.431. The van der Waals surface area contributed by atoms with Gasteiger partial charge in [0.1, 0.15) is 5.01 Å². The van der Waals surface area contributed by atoms with Gasteiger partial charge in [-0.05, 0) is 19.4 Å². The molecule has 2 rings (SSSR count). The van der Waals surface area contributed by atoms with E-state index in [2.05, 4.69) is 25.5 Å². The van der Waals surface area contributed by atoms with Crippen molar-refractivity contribution in [3.63, 3.8) is 0 Å². The molecule has 0 aromatic carbocycles. The average molecular weight is 379 g/mol. The molecule has 1 aliphatic heterocycles. The molecule has 0 aliphatic carbocycles. The third-order valence-electron chi connectivity index (χ3n) is 3.77. The lowest BCUT2D eigenvalue weighted by molar-refractivity contribution is -0.140. The van der Waals surface area contributed by atoms with Crippen LogP contribution >= 0.6 is 11.3 Å². The topological polar surface area (TPSA) is 61.8 Å². The van der Waals surface area contributed by atoms with Crippen molar-refractivity contribution < 1.29 is 17.9 Å². The first-order valence-electron chi connectivity index (χ1n) is 8.25. The van der Waals surface area contributed by atoms with Crippen LogP contribution in [0.2, 0.25) is 0 Å². The first-order chi connectivity index (χ1) is 12.0. The fraction of sp³-hybridized carbons (Fsp3) is 0.733. The molecule has 0 amide bonds. The number of rotatable bonds is 7. The molecule has 1 fully saturated rings. The van der Waals surface area contributed by atoms with Crippen LogP contribution in [-0.4, -0.2) is 62.3 Å². The number of nitrogens with one attached hydrogen (secondary N) is 2. The van der Waals surface area contributed by atoms with Crippen molar-refractivity contribution in [2.75, 3.05) is 46.4 Å². The van der Waals surface area contributed by atoms with E-state index < -0.39 is 11.9 Å². The second-order valence-corrected chi connectivity index (χ2v) is 6.58. The fourth-order valence-corrected chi connectivity index (χ4v) is 3.13. The Bertz CT molecular complexity index is 544. The van der Waals surface area contributed by atoms with Crippen molar-refractivity contribution in [1.29, 1.82) is 0 Å². The summed E-state index contributed by atoms with van der Waals surface area (Å²) in [6.07, 6.45) is -2.33. The molecule has 1 aliphatic rings. The van der Waals surface area contributed by atoms with E-state index in [0.29, 0.717) is 11.0 Å². The highest BCUT2D eigenvalue weighted by Gasteiger charge is 2.33. The maximum atomic E-state index is 12.5. The summed E-state index contributed by atoms with van der Waals surface area (Å²) in [6, 6.07) is 0. The summed E-state index contributed by atoms with van der Waals surface area (Å²) in [5.74, 6) is 0.565. The van der Waals surface area contributed by atoms with E-state index in [9.17, 15) is 13.2 Å². The maximum absolute atomic E-state index is 12.5. The Morgan fingerprint density at radius 3 is 2.72 bits per heavy atom. The number of aromatic nitrogens is 1. The molecule has 1 aromatic rings. The molecule has 6 nitrogen and oxygen atoms in total. The van der Waals surface area contributed by atoms with Crippen molar-refractivity contribution in [1.82, 2.24) is 20.5 Å². The summed E-state index contributed by atoms with van der Waals surface area (Å²) in [6.45, 7) is 5.62. The van der Waals surface area contributed by atoms with E-state index >= 15 is 0 Å². The van der Waals surface area contributed by atoms with E-state index in [1.807, 2.05) is 0 Å². The summed E-state index contributed by atoms with van der Waals surface area (Å²) >= 11 is 0.985. The maximum Gasteiger partial charge on any atom is 0.434 e. The molecule has 0 atom stereocenters. The fourth-order valence-electron chi connectivity index (χ4n) is 2.39. The van der Waals surface area contributed by atoms with Gasteiger partial charge in [0, 0.05) is 32.1 Å². The molecule has 25 heavy (non-hydrogen) atoms. The highest BCUT2D eigenvalue weighted by atomic mass is 32.1. The number of hydrogen-bond acceptors (Lipinski definition) is 5. The summed E-state index contributed by atoms with van der Waals surface area (Å²) in [4.78, 5) is 10.0. The van der Waals surface area contributed by atoms with Gasteiger partial charge in [-0.15, -0.1) is 11.3 Å². The molecular weight excluding hydrogens is 355 g/mol. The molecule has 1 saturated heterocycles. The number of morpholine rings is 1. The Morgan fingerprint density at radius 1 is 1.32 bits per heavy atom. The van der Waals surface area contributed by atoms with Crippen LogP contribution in [0.15, 0.2) is 10.4 Å². The molecule has 2 heterocycles. The van der Waals surface area contributed by atoms with Crippen LogP contribution in [-0.2, 0) is 17.5 Å². The lowest BCUT2D eigenvalue weighted by atomic mass is 10.3. The summed E-state index contributed by atoms with van der Waals surface area (Å²) in [7, 11) is 1.63. The number of alkyl halides is 3. The van der Waals surface area contributed by atoms with Crippen molar-refractivity contribution in [2.45, 2.75) is 25.6 Å². The number of unbranched alkanes of at least 4 members (excludes halogenated alkanes) is 1. The van der Waals surface area contributed by atoms with Gasteiger partial charge in [0.15, 0.2) is 11.7 Å². The smallest absolute Gasteiger partial charge is 0.379 e. The predicted octanol–water partition coefficient (Wildman–Crippen LogP) is 1.94. The highest BCUT2D eigenvalue weighted by molar-refractivity contribution is 7.09. The highest BCUT2D eigenvalue weighted by Crippen LogP contribution is 2.29. The number of aliphatic imine (C=N–C) groups is 1. The zero-order chi connectivity index (χ0) is 18.1. The minimum Gasteiger partial charge on any atom is -0.379 e. The molecule has 0 bridgehead atoms. The Hall–Kier alpha value is -1.39. The Kier molecular flexibility index (Phi) is 7.91. The number of guanidine groups is 1. The van der Waals surface area contributed by atoms with E-state index in [4.69, 9.17) is 4.74 Å². The van der Waals surface area contributed by atoms with Gasteiger partial charge in [-0.2, -0.15) is 13.2 Å². The molecule has 10 heteroatoms. The Labute approximate surface area is 149 Å². The van der Waals surface area contributed by atoms with Gasteiger partial charge in [-0.25, -0.2) is 4.98 Å². The molecule has 2 N–H and O–H groups in total. The Morgan fingerprint density at radius 2 is 2.08 bits per heavy atom. The molecule has 0 unspecified atom stereocenters. The van der Waals surface area contributed by atoms with Gasteiger partial charge >= 0.3 is 6.18 Å². The predicted molar refractivity (Wildman–Crippen MR) is 91.8 cm³/mol. The van der Waals surface area contributed by atoms with Crippen LogP contribution in [0, 0.1) is 0 Å². The number of halogens is 3. The van der Waals surface area contributed by atoms with E-state index in [1.165, 1.54) is 0 Å². The zero-order valence-electron chi connectivity index (χ0n) is 14.2. The number of thiazole rings is 1. The van der Waals surface area contributed by atoms with Gasteiger partial charge in [0.05, 0.1) is 19.8 Å². The minimum absolute atomic E-state index is 0.216. The molecule has 0 spiro atoms. The SMILES string of the molecule is CN=C(NCCCCN1CCOCC1)NCc1nc(C(F)(F)F)cs1. The van der Waals surface area contributed by atoms with Crippen LogP contribution in [0.4, 0.5) is 13.2 Å². The zero-order valence-corrected chi connectivity index (χ0v) is 15.0. The van der Waals surface area contributed by atoms with Crippen LogP contribution in [0.1, 0.15) is 23.5 Å². The van der Waals surface area contributed by atoms with Crippen LogP contribution in [0.5, 0.6) is 0 Å². The first kappa shape index (κ1) is 19.9. The van der Waals surface area contributed by atoms with Crippen molar-refractivity contribution in [2.24, 2.45) is 4.99 Å².